The summed E-state index contributed by atoms with van der Waals surface area (Å²) in [7, 11) is 0. The van der Waals surface area contributed by atoms with E-state index in [2.05, 4.69) is 15.5 Å². The average molecular weight is 190 g/mol. The van der Waals surface area contributed by atoms with E-state index in [9.17, 15) is 0 Å². The Labute approximate surface area is 83.2 Å². The minimum atomic E-state index is 0.539. The maximum atomic E-state index is 5.49. The number of hydrogen-bond acceptors (Lipinski definition) is 4. The molecule has 1 fully saturated rings. The van der Waals surface area contributed by atoms with Crippen molar-refractivity contribution < 1.29 is 0 Å². The van der Waals surface area contributed by atoms with Crippen LogP contribution in [0.2, 0.25) is 0 Å². The Balaban J connectivity index is 2.04. The number of anilines is 1. The van der Waals surface area contributed by atoms with Gasteiger partial charge < -0.3 is 11.2 Å². The van der Waals surface area contributed by atoms with E-state index in [1.165, 1.54) is 12.8 Å². The monoisotopic (exact) mass is 190 g/mol. The smallest absolute Gasteiger partial charge is 0.123 e. The summed E-state index contributed by atoms with van der Waals surface area (Å²) in [6.45, 7) is 1.96. The molecule has 1 aliphatic rings. The fourth-order valence-electron chi connectivity index (χ4n) is 1.08. The molecule has 4 heteroatoms. The quantitative estimate of drug-likeness (QED) is 0.555. The Bertz CT molecular complexity index is 338. The fourth-order valence-corrected chi connectivity index (χ4v) is 1.08. The number of hydrogen-bond donors (Lipinski definition) is 2. The number of nitrogens with zero attached hydrogens (tertiary/aromatic N) is 2. The second kappa shape index (κ2) is 3.65. The van der Waals surface area contributed by atoms with Crippen LogP contribution >= 0.6 is 0 Å². The largest absolute Gasteiger partial charge is 0.384 e. The molecule has 1 saturated carbocycles. The van der Waals surface area contributed by atoms with Crippen molar-refractivity contribution >= 4 is 11.5 Å². The lowest BCUT2D eigenvalue weighted by Gasteiger charge is -2.01. The molecule has 14 heavy (non-hydrogen) atoms. The molecule has 0 bridgehead atoms. The summed E-state index contributed by atoms with van der Waals surface area (Å²) in [6.07, 6.45) is 4.20. The molecule has 4 nitrogen and oxygen atoms in total. The third-order valence-electron chi connectivity index (χ3n) is 2.20. The predicted octanol–water partition coefficient (Wildman–Crippen LogP) is 1.14. The van der Waals surface area contributed by atoms with E-state index < -0.39 is 0 Å². The highest BCUT2D eigenvalue weighted by Crippen LogP contribution is 2.18. The molecule has 2 rings (SSSR count). The Morgan fingerprint density at radius 2 is 2.36 bits per heavy atom. The van der Waals surface area contributed by atoms with E-state index in [4.69, 9.17) is 5.73 Å². The first-order valence-corrected chi connectivity index (χ1v) is 4.77. The van der Waals surface area contributed by atoms with Gasteiger partial charge in [-0.15, -0.1) is 0 Å². The van der Waals surface area contributed by atoms with Crippen LogP contribution in [0.5, 0.6) is 0 Å². The van der Waals surface area contributed by atoms with Gasteiger partial charge in [0.05, 0.1) is 5.71 Å². The van der Waals surface area contributed by atoms with Gasteiger partial charge in [0.1, 0.15) is 5.82 Å². The van der Waals surface area contributed by atoms with Crippen LogP contribution in [-0.4, -0.2) is 16.7 Å². The van der Waals surface area contributed by atoms with E-state index in [0.29, 0.717) is 11.9 Å². The summed E-state index contributed by atoms with van der Waals surface area (Å²) in [5.74, 6) is 0.539. The molecule has 0 amide bonds. The number of aromatic nitrogens is 1. The van der Waals surface area contributed by atoms with Gasteiger partial charge in [0.15, 0.2) is 0 Å². The van der Waals surface area contributed by atoms with Gasteiger partial charge in [0.25, 0.3) is 0 Å². The van der Waals surface area contributed by atoms with Gasteiger partial charge in [0.2, 0.25) is 0 Å². The first-order chi connectivity index (χ1) is 6.75. The zero-order chi connectivity index (χ0) is 9.97. The molecule has 0 atom stereocenters. The van der Waals surface area contributed by atoms with E-state index in [1.807, 2.05) is 13.0 Å². The Hall–Kier alpha value is -1.58. The molecule has 74 valence electrons. The predicted molar refractivity (Wildman–Crippen MR) is 57.0 cm³/mol. The molecule has 0 radical (unpaired) electrons. The Morgan fingerprint density at radius 1 is 1.57 bits per heavy atom. The molecule has 1 aromatic rings. The van der Waals surface area contributed by atoms with Crippen molar-refractivity contribution in [2.75, 3.05) is 5.73 Å². The Kier molecular flexibility index (Phi) is 2.35. The summed E-state index contributed by atoms with van der Waals surface area (Å²) in [5.41, 5.74) is 10.5. The molecule has 1 heterocycles. The first kappa shape index (κ1) is 8.99. The molecule has 0 aliphatic heterocycles. The second-order valence-corrected chi connectivity index (χ2v) is 3.57. The topological polar surface area (TPSA) is 63.3 Å². The van der Waals surface area contributed by atoms with Crippen molar-refractivity contribution in [3.05, 3.63) is 23.9 Å². The maximum absolute atomic E-state index is 5.49. The molecule has 0 spiro atoms. The lowest BCUT2D eigenvalue weighted by Crippen LogP contribution is -2.11. The lowest BCUT2D eigenvalue weighted by atomic mass is 10.2. The van der Waals surface area contributed by atoms with Gasteiger partial charge in [0, 0.05) is 17.8 Å². The van der Waals surface area contributed by atoms with Gasteiger partial charge in [-0.3, -0.25) is 0 Å². The minimum absolute atomic E-state index is 0.539. The zero-order valence-corrected chi connectivity index (χ0v) is 8.20. The van der Waals surface area contributed by atoms with Crippen molar-refractivity contribution in [1.82, 2.24) is 10.4 Å². The third-order valence-corrected chi connectivity index (χ3v) is 2.20. The summed E-state index contributed by atoms with van der Waals surface area (Å²) in [5, 5.41) is 4.27. The summed E-state index contributed by atoms with van der Waals surface area (Å²) in [6, 6.07) is 4.30. The molecular weight excluding hydrogens is 176 g/mol. The molecule has 1 aromatic heterocycles. The SMILES string of the molecule is C/C(=N/NC1CC1)c1ccc(N)nc1. The van der Waals surface area contributed by atoms with E-state index in [1.54, 1.807) is 12.3 Å². The number of nitrogen functional groups attached to an aromatic ring is 1. The molecule has 0 saturated heterocycles. The molecular formula is C10H14N4. The number of hydrazone groups is 1. The highest BCUT2D eigenvalue weighted by molar-refractivity contribution is 5.98. The van der Waals surface area contributed by atoms with Crippen molar-refractivity contribution in [1.29, 1.82) is 0 Å². The van der Waals surface area contributed by atoms with Gasteiger partial charge in [-0.1, -0.05) is 0 Å². The van der Waals surface area contributed by atoms with Crippen LogP contribution in [0.4, 0.5) is 5.82 Å². The number of pyridine rings is 1. The highest BCUT2D eigenvalue weighted by Gasteiger charge is 2.19. The average Bonchev–Trinajstić information content (AvgIpc) is 2.99. The fraction of sp³-hybridized carbons (Fsp3) is 0.400. The van der Waals surface area contributed by atoms with Crippen molar-refractivity contribution in [3.63, 3.8) is 0 Å². The standard InChI is InChI=1S/C10H14N4/c1-7(13-14-9-3-4-9)8-2-5-10(11)12-6-8/h2,5-6,9,14H,3-4H2,1H3,(H2,11,12)/b13-7-. The Morgan fingerprint density at radius 3 is 2.93 bits per heavy atom. The van der Waals surface area contributed by atoms with Crippen molar-refractivity contribution in [2.24, 2.45) is 5.10 Å². The zero-order valence-electron chi connectivity index (χ0n) is 8.20. The van der Waals surface area contributed by atoms with Crippen LogP contribution in [-0.2, 0) is 0 Å². The van der Waals surface area contributed by atoms with Gasteiger partial charge >= 0.3 is 0 Å². The maximum Gasteiger partial charge on any atom is 0.123 e. The van der Waals surface area contributed by atoms with Crippen LogP contribution in [0.3, 0.4) is 0 Å². The van der Waals surface area contributed by atoms with E-state index in [0.717, 1.165) is 11.3 Å². The second-order valence-electron chi connectivity index (χ2n) is 3.57. The first-order valence-electron chi connectivity index (χ1n) is 4.77. The van der Waals surface area contributed by atoms with Crippen LogP contribution in [0.15, 0.2) is 23.4 Å². The van der Waals surface area contributed by atoms with Gasteiger partial charge in [-0.05, 0) is 31.9 Å². The minimum Gasteiger partial charge on any atom is -0.384 e. The molecule has 3 N–H and O–H groups in total. The van der Waals surface area contributed by atoms with Crippen molar-refractivity contribution in [3.8, 4) is 0 Å². The lowest BCUT2D eigenvalue weighted by molar-refractivity contribution is 0.737. The van der Waals surface area contributed by atoms with Gasteiger partial charge in [-0.2, -0.15) is 5.10 Å². The number of rotatable bonds is 3. The highest BCUT2D eigenvalue weighted by atomic mass is 15.3. The number of nitrogens with one attached hydrogen (secondary N) is 1. The van der Waals surface area contributed by atoms with E-state index in [-0.39, 0.29) is 0 Å². The van der Waals surface area contributed by atoms with Crippen LogP contribution in [0, 0.1) is 0 Å². The van der Waals surface area contributed by atoms with E-state index >= 15 is 0 Å². The normalized spacial score (nSPS) is 16.8. The van der Waals surface area contributed by atoms with Crippen LogP contribution in [0.1, 0.15) is 25.3 Å². The van der Waals surface area contributed by atoms with Crippen LogP contribution < -0.4 is 11.2 Å². The summed E-state index contributed by atoms with van der Waals surface area (Å²) in [4.78, 5) is 4.01. The molecule has 1 aliphatic carbocycles. The summed E-state index contributed by atoms with van der Waals surface area (Å²) >= 11 is 0. The number of nitrogens with two attached hydrogens (primary N) is 1. The molecule has 0 aromatic carbocycles. The van der Waals surface area contributed by atoms with Gasteiger partial charge in [-0.25, -0.2) is 4.98 Å². The third kappa shape index (κ3) is 2.22. The van der Waals surface area contributed by atoms with Crippen molar-refractivity contribution in [2.45, 2.75) is 25.8 Å². The summed E-state index contributed by atoms with van der Waals surface area (Å²) < 4.78 is 0. The molecule has 0 unspecified atom stereocenters. The van der Waals surface area contributed by atoms with Crippen LogP contribution in [0.25, 0.3) is 0 Å².